The van der Waals surface area contributed by atoms with Crippen LogP contribution in [0.1, 0.15) is 34.7 Å². The van der Waals surface area contributed by atoms with E-state index in [4.69, 9.17) is 5.26 Å². The summed E-state index contributed by atoms with van der Waals surface area (Å²) in [6, 6.07) is 12.4. The second-order valence-corrected chi connectivity index (χ2v) is 9.64. The van der Waals surface area contributed by atoms with Crippen LogP contribution in [0, 0.1) is 11.3 Å². The Labute approximate surface area is 228 Å². The molecular formula is C27H27F3N8O2. The van der Waals surface area contributed by atoms with Gasteiger partial charge in [0.15, 0.2) is 0 Å². The Kier molecular flexibility index (Phi) is 7.70. The predicted molar refractivity (Wildman–Crippen MR) is 140 cm³/mol. The topological polar surface area (TPSA) is 121 Å². The second kappa shape index (κ2) is 11.4. The third kappa shape index (κ3) is 5.62. The minimum absolute atomic E-state index is 0.0123. The van der Waals surface area contributed by atoms with E-state index in [1.54, 1.807) is 21.9 Å². The lowest BCUT2D eigenvalue weighted by atomic mass is 10.0. The number of alkyl halides is 3. The number of fused-ring (bicyclic) bond motifs is 1. The number of hydrogen-bond acceptors (Lipinski definition) is 8. The standard InChI is InChI=1S/C27H27F3N8O2/c28-27(29,30)25-22(16-34-35-26(25)40)38-17-19-3-1-2-4-20(19)21(38)15-32-8-7-24(39)37-11-9-36(10-12-37)23-6-5-18(13-31)14-33-23/h1-6,14,16,21,32H,7-12,15,17H2,(H,35,40)/t21-/m0/s1. The molecule has 0 aliphatic carbocycles. The Hall–Kier alpha value is -4.44. The fourth-order valence-corrected chi connectivity index (χ4v) is 5.24. The number of pyridine rings is 1. The zero-order valence-electron chi connectivity index (χ0n) is 21.5. The number of carbonyl (C=O) groups is 1. The first-order valence-corrected chi connectivity index (χ1v) is 12.8. The molecule has 3 aromatic rings. The summed E-state index contributed by atoms with van der Waals surface area (Å²) in [5, 5.41) is 17.7. The normalized spacial score (nSPS) is 17.1. The van der Waals surface area contributed by atoms with Crippen LogP contribution in [-0.2, 0) is 17.5 Å². The van der Waals surface area contributed by atoms with E-state index in [1.165, 1.54) is 6.20 Å². The molecule has 40 heavy (non-hydrogen) atoms. The maximum atomic E-state index is 13.8. The van der Waals surface area contributed by atoms with Crippen molar-refractivity contribution < 1.29 is 18.0 Å². The molecule has 2 aromatic heterocycles. The molecule has 1 amide bonds. The quantitative estimate of drug-likeness (QED) is 0.429. The number of anilines is 2. The van der Waals surface area contributed by atoms with Crippen LogP contribution in [0.15, 0.2) is 53.6 Å². The molecule has 10 nitrogen and oxygen atoms in total. The number of piperazine rings is 1. The van der Waals surface area contributed by atoms with Crippen LogP contribution in [-0.4, -0.2) is 65.3 Å². The van der Waals surface area contributed by atoms with E-state index < -0.39 is 23.3 Å². The van der Waals surface area contributed by atoms with Crippen molar-refractivity contribution >= 4 is 17.4 Å². The van der Waals surface area contributed by atoms with Crippen LogP contribution >= 0.6 is 0 Å². The number of aromatic amines is 1. The van der Waals surface area contributed by atoms with Gasteiger partial charge in [-0.1, -0.05) is 24.3 Å². The van der Waals surface area contributed by atoms with E-state index in [1.807, 2.05) is 35.4 Å². The van der Waals surface area contributed by atoms with E-state index >= 15 is 0 Å². The van der Waals surface area contributed by atoms with E-state index in [0.717, 1.165) is 23.1 Å². The number of rotatable bonds is 7. The highest BCUT2D eigenvalue weighted by molar-refractivity contribution is 5.76. The minimum atomic E-state index is -4.84. The lowest BCUT2D eigenvalue weighted by molar-refractivity contribution is -0.138. The van der Waals surface area contributed by atoms with Gasteiger partial charge in [0.2, 0.25) is 5.91 Å². The van der Waals surface area contributed by atoms with Crippen molar-refractivity contribution in [3.63, 3.8) is 0 Å². The molecule has 208 valence electrons. The molecule has 4 heterocycles. The van der Waals surface area contributed by atoms with Crippen molar-refractivity contribution in [3.05, 3.63) is 81.4 Å². The van der Waals surface area contributed by atoms with Gasteiger partial charge in [-0.3, -0.25) is 9.59 Å². The molecule has 2 aliphatic rings. The van der Waals surface area contributed by atoms with Gasteiger partial charge in [-0.15, -0.1) is 0 Å². The average molecular weight is 553 g/mol. The van der Waals surface area contributed by atoms with Gasteiger partial charge in [-0.2, -0.15) is 23.5 Å². The predicted octanol–water partition coefficient (Wildman–Crippen LogP) is 2.45. The molecule has 0 bridgehead atoms. The Morgan fingerprint density at radius 3 is 2.60 bits per heavy atom. The molecule has 0 saturated carbocycles. The fraction of sp³-hybridized carbons (Fsp3) is 0.370. The summed E-state index contributed by atoms with van der Waals surface area (Å²) in [6.07, 6.45) is -2.03. The average Bonchev–Trinajstić information content (AvgIpc) is 3.33. The molecule has 0 spiro atoms. The van der Waals surface area contributed by atoms with E-state index in [-0.39, 0.29) is 31.1 Å². The molecule has 0 unspecified atom stereocenters. The maximum Gasteiger partial charge on any atom is 0.423 e. The SMILES string of the molecule is N#Cc1ccc(N2CCN(C(=O)CCNC[C@H]3c4ccccc4CN3c3cn[nH]c(=O)c3C(F)(F)F)CC2)nc1. The van der Waals surface area contributed by atoms with Crippen LogP contribution in [0.5, 0.6) is 0 Å². The number of halogens is 3. The number of hydrogen-bond donors (Lipinski definition) is 2. The van der Waals surface area contributed by atoms with Gasteiger partial charge in [-0.05, 0) is 23.3 Å². The smallest absolute Gasteiger partial charge is 0.357 e. The molecule has 2 aliphatic heterocycles. The lowest BCUT2D eigenvalue weighted by Gasteiger charge is -2.35. The van der Waals surface area contributed by atoms with Crippen LogP contribution in [0.4, 0.5) is 24.7 Å². The summed E-state index contributed by atoms with van der Waals surface area (Å²) >= 11 is 0. The van der Waals surface area contributed by atoms with E-state index in [0.29, 0.717) is 38.3 Å². The first-order chi connectivity index (χ1) is 19.3. The third-order valence-electron chi connectivity index (χ3n) is 7.25. The van der Waals surface area contributed by atoms with Gasteiger partial charge in [-0.25, -0.2) is 10.1 Å². The molecule has 5 rings (SSSR count). The summed E-state index contributed by atoms with van der Waals surface area (Å²) in [4.78, 5) is 34.6. The number of nitriles is 1. The molecule has 0 radical (unpaired) electrons. The van der Waals surface area contributed by atoms with Gasteiger partial charge in [0.25, 0.3) is 5.56 Å². The van der Waals surface area contributed by atoms with Gasteiger partial charge in [0, 0.05) is 58.4 Å². The van der Waals surface area contributed by atoms with Crippen molar-refractivity contribution in [1.82, 2.24) is 25.4 Å². The van der Waals surface area contributed by atoms with Crippen molar-refractivity contribution in [2.24, 2.45) is 0 Å². The molecular weight excluding hydrogens is 525 g/mol. The Bertz CT molecular complexity index is 1460. The second-order valence-electron chi connectivity index (χ2n) is 9.64. The highest BCUT2D eigenvalue weighted by atomic mass is 19.4. The molecule has 1 fully saturated rings. The lowest BCUT2D eigenvalue weighted by Crippen LogP contribution is -2.49. The first-order valence-electron chi connectivity index (χ1n) is 12.8. The van der Waals surface area contributed by atoms with Crippen molar-refractivity contribution in [2.45, 2.75) is 25.2 Å². The van der Waals surface area contributed by atoms with Crippen LogP contribution in [0.25, 0.3) is 0 Å². The number of nitrogens with zero attached hydrogens (tertiary/aromatic N) is 6. The highest BCUT2D eigenvalue weighted by Crippen LogP contribution is 2.41. The molecule has 1 saturated heterocycles. The number of carbonyl (C=O) groups excluding carboxylic acids is 1. The summed E-state index contributed by atoms with van der Waals surface area (Å²) in [5.74, 6) is 0.750. The van der Waals surface area contributed by atoms with Crippen LogP contribution in [0.3, 0.4) is 0 Å². The zero-order chi connectivity index (χ0) is 28.3. The number of nitrogens with one attached hydrogen (secondary N) is 2. The summed E-state index contributed by atoms with van der Waals surface area (Å²) in [7, 11) is 0. The van der Waals surface area contributed by atoms with E-state index in [9.17, 15) is 22.8 Å². The van der Waals surface area contributed by atoms with Crippen molar-refractivity contribution in [1.29, 1.82) is 5.26 Å². The highest BCUT2D eigenvalue weighted by Gasteiger charge is 2.41. The monoisotopic (exact) mass is 552 g/mol. The molecule has 1 aromatic carbocycles. The zero-order valence-corrected chi connectivity index (χ0v) is 21.5. The van der Waals surface area contributed by atoms with Crippen LogP contribution in [0.2, 0.25) is 0 Å². The minimum Gasteiger partial charge on any atom is -0.357 e. The number of amides is 1. The summed E-state index contributed by atoms with van der Waals surface area (Å²) < 4.78 is 41.4. The third-order valence-corrected chi connectivity index (χ3v) is 7.25. The fourth-order valence-electron chi connectivity index (χ4n) is 5.24. The molecule has 13 heteroatoms. The number of benzene rings is 1. The van der Waals surface area contributed by atoms with E-state index in [2.05, 4.69) is 20.3 Å². The number of aromatic nitrogens is 3. The van der Waals surface area contributed by atoms with Crippen molar-refractivity contribution in [3.8, 4) is 6.07 Å². The Morgan fingerprint density at radius 1 is 1.12 bits per heavy atom. The van der Waals surface area contributed by atoms with Crippen LogP contribution < -0.4 is 20.7 Å². The number of H-pyrrole nitrogens is 1. The molecule has 2 N–H and O–H groups in total. The Morgan fingerprint density at radius 2 is 1.90 bits per heavy atom. The maximum absolute atomic E-state index is 13.8. The first kappa shape index (κ1) is 27.1. The summed E-state index contributed by atoms with van der Waals surface area (Å²) in [5.41, 5.74) is -0.607. The Balaban J connectivity index is 1.18. The van der Waals surface area contributed by atoms with Gasteiger partial charge in [0.1, 0.15) is 17.5 Å². The van der Waals surface area contributed by atoms with Gasteiger partial charge >= 0.3 is 6.18 Å². The molecule has 1 atom stereocenters. The van der Waals surface area contributed by atoms with Crippen molar-refractivity contribution in [2.75, 3.05) is 49.1 Å². The van der Waals surface area contributed by atoms with Gasteiger partial charge in [0.05, 0.1) is 23.5 Å². The van der Waals surface area contributed by atoms with Gasteiger partial charge < -0.3 is 20.0 Å². The largest absolute Gasteiger partial charge is 0.423 e. The summed E-state index contributed by atoms with van der Waals surface area (Å²) in [6.45, 7) is 3.17.